The molecule has 14 heteroatoms. The summed E-state index contributed by atoms with van der Waals surface area (Å²) in [5.74, 6) is -2.33. The van der Waals surface area contributed by atoms with Gasteiger partial charge in [-0.05, 0) is 104 Å². The molecule has 2 aliphatic heterocycles. The number of benzene rings is 3. The molecule has 0 bridgehead atoms. The number of amides is 3. The number of aromatic amines is 2. The molecular weight excluding hydrogens is 781 g/mol. The molecule has 5 aromatic rings. The summed E-state index contributed by atoms with van der Waals surface area (Å²) in [7, 11) is 1.27. The highest BCUT2D eigenvalue weighted by Crippen LogP contribution is 2.58. The van der Waals surface area contributed by atoms with E-state index in [4.69, 9.17) is 9.47 Å². The van der Waals surface area contributed by atoms with Gasteiger partial charge in [0.1, 0.15) is 23.3 Å². The Kier molecular flexibility index (Phi) is 9.82. The Morgan fingerprint density at radius 3 is 2.00 bits per heavy atom. The van der Waals surface area contributed by atoms with Gasteiger partial charge in [-0.15, -0.1) is 0 Å². The van der Waals surface area contributed by atoms with E-state index in [0.717, 1.165) is 48.9 Å². The fraction of sp³-hybridized carbons (Fsp3) is 0.426. The Hall–Kier alpha value is -6.05. The minimum atomic E-state index is -3.25. The summed E-state index contributed by atoms with van der Waals surface area (Å²) in [5, 5.41) is 2.70. The number of alkyl halides is 2. The number of fused-ring (bicyclic) bond motifs is 3. The largest absolute Gasteiger partial charge is 0.453 e. The van der Waals surface area contributed by atoms with Crippen LogP contribution in [0.5, 0.6) is 0 Å². The molecule has 3 amide bonds. The van der Waals surface area contributed by atoms with E-state index in [1.165, 1.54) is 13.2 Å². The molecule has 3 fully saturated rings. The van der Waals surface area contributed by atoms with Crippen LogP contribution in [0.1, 0.15) is 102 Å². The van der Waals surface area contributed by atoms with E-state index in [1.54, 1.807) is 35.5 Å². The van der Waals surface area contributed by atoms with Crippen LogP contribution >= 0.6 is 0 Å². The van der Waals surface area contributed by atoms with E-state index in [9.17, 15) is 14.4 Å². The Morgan fingerprint density at radius 1 is 0.820 bits per heavy atom. The Morgan fingerprint density at radius 2 is 1.39 bits per heavy atom. The summed E-state index contributed by atoms with van der Waals surface area (Å²) >= 11 is 0. The number of likely N-dealkylation sites (tertiary alicyclic amines) is 2. The van der Waals surface area contributed by atoms with Crippen LogP contribution in [0.15, 0.2) is 73.1 Å². The van der Waals surface area contributed by atoms with Crippen LogP contribution in [0.2, 0.25) is 0 Å². The van der Waals surface area contributed by atoms with E-state index in [1.807, 2.05) is 75.9 Å². The second kappa shape index (κ2) is 14.8. The summed E-state index contributed by atoms with van der Waals surface area (Å²) in [6.45, 7) is 10.5. The minimum absolute atomic E-state index is 0.0233. The van der Waals surface area contributed by atoms with Crippen molar-refractivity contribution in [2.45, 2.75) is 96.4 Å². The number of carbonyl (C=O) groups excluding carboxylic acids is 3. The second-order valence-electron chi connectivity index (χ2n) is 18.4. The molecule has 0 radical (unpaired) electrons. The van der Waals surface area contributed by atoms with Gasteiger partial charge < -0.3 is 29.7 Å². The maximum atomic E-state index is 16.5. The van der Waals surface area contributed by atoms with Gasteiger partial charge in [0.15, 0.2) is 0 Å². The zero-order valence-corrected chi connectivity index (χ0v) is 35.3. The van der Waals surface area contributed by atoms with Crippen molar-refractivity contribution in [3.8, 4) is 44.8 Å². The molecule has 3 N–H and O–H groups in total. The zero-order chi connectivity index (χ0) is 43.0. The Labute approximate surface area is 353 Å². The van der Waals surface area contributed by atoms with Crippen LogP contribution in [0.3, 0.4) is 0 Å². The highest BCUT2D eigenvalue weighted by Gasteiger charge is 2.55. The van der Waals surface area contributed by atoms with Gasteiger partial charge in [-0.1, -0.05) is 62.4 Å². The van der Waals surface area contributed by atoms with Crippen LogP contribution in [-0.4, -0.2) is 79.7 Å². The summed E-state index contributed by atoms with van der Waals surface area (Å²) in [5.41, 5.74) is 4.57. The van der Waals surface area contributed by atoms with Crippen molar-refractivity contribution in [1.29, 1.82) is 0 Å². The van der Waals surface area contributed by atoms with E-state index in [2.05, 4.69) is 25.3 Å². The first-order chi connectivity index (χ1) is 29.0. The number of methoxy groups -OCH3 is 1. The maximum absolute atomic E-state index is 16.5. The molecule has 2 aliphatic carbocycles. The zero-order valence-electron chi connectivity index (χ0n) is 35.3. The third-order valence-electron chi connectivity index (χ3n) is 12.7. The first-order valence-electron chi connectivity index (χ1n) is 21.1. The van der Waals surface area contributed by atoms with E-state index < -0.39 is 23.7 Å². The number of carbonyl (C=O) groups is 3. The molecule has 9 rings (SSSR count). The van der Waals surface area contributed by atoms with Crippen molar-refractivity contribution in [2.75, 3.05) is 20.2 Å². The highest BCUT2D eigenvalue weighted by atomic mass is 19.3. The standard InChI is InChI=1S/C47H51F2N7O5/c1-26(2)39(54-43(58)60-6)42(57)56-25-46(17-18-46)22-38(56)41-51-24-36(53-41)30-14-16-32-31-15-13-29(20-33(31)47(48,49)34(32)21-30)27-9-11-28(12-10-27)35-23-50-40(52-35)37-8-7-19-55(37)44(59)61-45(3,4)5/h9-16,20-21,23-24,26,37-39H,7-8,17-19,22,25H2,1-6H3,(H,50,52)(H,51,53)(H,54,58)/t37-,38-,39?/m0/s1. The summed E-state index contributed by atoms with van der Waals surface area (Å²) in [6.07, 6.45) is 6.77. The van der Waals surface area contributed by atoms with Gasteiger partial charge in [0.05, 0.1) is 43.0 Å². The average Bonchev–Trinajstić information content (AvgIpc) is 3.82. The lowest BCUT2D eigenvalue weighted by Gasteiger charge is -2.30. The summed E-state index contributed by atoms with van der Waals surface area (Å²) in [4.78, 5) is 58.5. The Balaban J connectivity index is 0.919. The summed E-state index contributed by atoms with van der Waals surface area (Å²) < 4.78 is 43.4. The van der Waals surface area contributed by atoms with Crippen LogP contribution in [0.4, 0.5) is 18.4 Å². The van der Waals surface area contributed by atoms with Crippen LogP contribution in [0, 0.1) is 11.3 Å². The maximum Gasteiger partial charge on any atom is 0.410 e. The number of alkyl carbamates (subject to hydrolysis) is 1. The fourth-order valence-corrected chi connectivity index (χ4v) is 9.26. The van der Waals surface area contributed by atoms with Gasteiger partial charge in [0.2, 0.25) is 5.91 Å². The number of halogens is 2. The number of nitrogens with one attached hydrogen (secondary N) is 3. The van der Waals surface area contributed by atoms with Crippen LogP contribution in [0.25, 0.3) is 44.8 Å². The molecule has 2 saturated heterocycles. The molecule has 318 valence electrons. The number of hydrogen-bond donors (Lipinski definition) is 3. The SMILES string of the molecule is COC(=O)NC(C(=O)N1CC2(CC2)C[C@H]1c1ncc(-c2ccc3c(c2)C(F)(F)c2cc(-c4ccc(-c5cnc([C@@H]6CCCN6C(=O)OC(C)(C)C)[nH]5)cc4)ccc2-3)[nH]1)C(C)C. The number of imidazole rings is 2. The monoisotopic (exact) mass is 831 g/mol. The fourth-order valence-electron chi connectivity index (χ4n) is 9.26. The lowest BCUT2D eigenvalue weighted by molar-refractivity contribution is -0.135. The number of H-pyrrole nitrogens is 2. The van der Waals surface area contributed by atoms with Gasteiger partial charge in [-0.3, -0.25) is 9.69 Å². The van der Waals surface area contributed by atoms with E-state index >= 15 is 8.78 Å². The molecule has 4 heterocycles. The first-order valence-corrected chi connectivity index (χ1v) is 21.1. The van der Waals surface area contributed by atoms with Crippen LogP contribution < -0.4 is 5.32 Å². The molecule has 2 aromatic heterocycles. The third-order valence-corrected chi connectivity index (χ3v) is 12.7. The van der Waals surface area contributed by atoms with Crippen molar-refractivity contribution in [2.24, 2.45) is 11.3 Å². The number of rotatable bonds is 8. The quantitative estimate of drug-likeness (QED) is 0.141. The molecule has 61 heavy (non-hydrogen) atoms. The third kappa shape index (κ3) is 7.43. The highest BCUT2D eigenvalue weighted by molar-refractivity contribution is 5.87. The van der Waals surface area contributed by atoms with Crippen molar-refractivity contribution < 1.29 is 32.6 Å². The minimum Gasteiger partial charge on any atom is -0.453 e. The lowest BCUT2D eigenvalue weighted by atomic mass is 9.97. The van der Waals surface area contributed by atoms with Gasteiger partial charge in [-0.25, -0.2) is 19.6 Å². The molecule has 12 nitrogen and oxygen atoms in total. The molecule has 1 saturated carbocycles. The van der Waals surface area contributed by atoms with Gasteiger partial charge in [0.25, 0.3) is 5.92 Å². The smallest absolute Gasteiger partial charge is 0.410 e. The van der Waals surface area contributed by atoms with Gasteiger partial charge >= 0.3 is 12.2 Å². The number of hydrogen-bond acceptors (Lipinski definition) is 7. The molecule has 3 atom stereocenters. The van der Waals surface area contributed by atoms with Gasteiger partial charge in [-0.2, -0.15) is 8.78 Å². The lowest BCUT2D eigenvalue weighted by Crippen LogP contribution is -2.51. The van der Waals surface area contributed by atoms with E-state index in [-0.39, 0.29) is 46.5 Å². The van der Waals surface area contributed by atoms with Gasteiger partial charge in [0, 0.05) is 29.8 Å². The average molecular weight is 832 g/mol. The Bertz CT molecular complexity index is 2520. The molecule has 3 aromatic carbocycles. The molecule has 1 unspecified atom stereocenters. The predicted molar refractivity (Wildman–Crippen MR) is 225 cm³/mol. The van der Waals surface area contributed by atoms with Crippen LogP contribution in [-0.2, 0) is 20.2 Å². The topological polar surface area (TPSA) is 146 Å². The number of ether oxygens (including phenoxy) is 2. The van der Waals surface area contributed by atoms with Crippen molar-refractivity contribution in [3.63, 3.8) is 0 Å². The summed E-state index contributed by atoms with van der Waals surface area (Å²) in [6, 6.07) is 16.7. The first kappa shape index (κ1) is 40.4. The normalized spacial score (nSPS) is 20.1. The molecule has 4 aliphatic rings. The predicted octanol–water partition coefficient (Wildman–Crippen LogP) is 9.76. The molecular formula is C47H51F2N7O5. The van der Waals surface area contributed by atoms with Crippen molar-refractivity contribution >= 4 is 18.1 Å². The second-order valence-corrected chi connectivity index (χ2v) is 18.4. The number of aromatic nitrogens is 4. The van der Waals surface area contributed by atoms with Crippen molar-refractivity contribution in [3.05, 3.63) is 95.8 Å². The molecule has 1 spiro atoms. The van der Waals surface area contributed by atoms with Crippen molar-refractivity contribution in [1.82, 2.24) is 35.1 Å². The van der Waals surface area contributed by atoms with E-state index in [0.29, 0.717) is 52.7 Å². The number of nitrogens with zero attached hydrogens (tertiary/aromatic N) is 4.